The number of fused-ring (bicyclic) bond motifs is 1. The van der Waals surface area contributed by atoms with Crippen LogP contribution in [-0.2, 0) is 6.42 Å². The van der Waals surface area contributed by atoms with Gasteiger partial charge in [-0.2, -0.15) is 0 Å². The summed E-state index contributed by atoms with van der Waals surface area (Å²) in [6.07, 6.45) is 5.20. The number of rotatable bonds is 4. The van der Waals surface area contributed by atoms with E-state index in [9.17, 15) is 4.79 Å². The van der Waals surface area contributed by atoms with Crippen LogP contribution < -0.4 is 5.32 Å². The van der Waals surface area contributed by atoms with Crippen molar-refractivity contribution >= 4 is 33.3 Å². The highest BCUT2D eigenvalue weighted by molar-refractivity contribution is 9.10. The van der Waals surface area contributed by atoms with Gasteiger partial charge in [0.15, 0.2) is 0 Å². The molecule has 0 aromatic carbocycles. The Balaban J connectivity index is 1.98. The average Bonchev–Trinajstić information content (AvgIpc) is 2.88. The van der Waals surface area contributed by atoms with Gasteiger partial charge in [0.05, 0.1) is 5.69 Å². The number of amides is 1. The van der Waals surface area contributed by atoms with Crippen molar-refractivity contribution in [3.8, 4) is 0 Å². The minimum atomic E-state index is -0.197. The molecule has 0 aliphatic rings. The van der Waals surface area contributed by atoms with Crippen LogP contribution in [0.2, 0.25) is 0 Å². The number of hydrogen-bond acceptors (Lipinski definition) is 3. The van der Waals surface area contributed by atoms with E-state index in [1.165, 1.54) is 0 Å². The molecule has 0 unspecified atom stereocenters. The first-order valence-corrected chi connectivity index (χ1v) is 7.87. The van der Waals surface area contributed by atoms with Crippen LogP contribution in [0.25, 0.3) is 5.65 Å². The number of aryl methyl sites for hydroxylation is 1. The fourth-order valence-electron chi connectivity index (χ4n) is 2.32. The van der Waals surface area contributed by atoms with E-state index in [0.717, 1.165) is 28.7 Å². The van der Waals surface area contributed by atoms with Crippen LogP contribution in [0.5, 0.6) is 0 Å². The molecule has 0 aliphatic heterocycles. The Kier molecular flexibility index (Phi) is 4.20. The molecule has 0 saturated carbocycles. The summed E-state index contributed by atoms with van der Waals surface area (Å²) >= 11 is 3.33. The van der Waals surface area contributed by atoms with Gasteiger partial charge in [-0.3, -0.25) is 9.20 Å². The van der Waals surface area contributed by atoms with Gasteiger partial charge in [0.2, 0.25) is 0 Å². The molecule has 22 heavy (non-hydrogen) atoms. The Labute approximate surface area is 136 Å². The second-order valence-electron chi connectivity index (χ2n) is 4.90. The number of hydrogen-bond donors (Lipinski definition) is 1. The Morgan fingerprint density at radius 1 is 1.32 bits per heavy atom. The molecular weight excluding hydrogens is 344 g/mol. The first-order chi connectivity index (χ1) is 10.7. The monoisotopic (exact) mass is 358 g/mol. The lowest BCUT2D eigenvalue weighted by Crippen LogP contribution is -2.17. The summed E-state index contributed by atoms with van der Waals surface area (Å²) in [6.45, 7) is 2.07. The van der Waals surface area contributed by atoms with E-state index in [2.05, 4.69) is 38.1 Å². The molecule has 6 heteroatoms. The minimum Gasteiger partial charge on any atom is -0.305 e. The molecule has 3 heterocycles. The Hall–Kier alpha value is -2.21. The summed E-state index contributed by atoms with van der Waals surface area (Å²) in [6, 6.07) is 9.29. The topological polar surface area (TPSA) is 59.3 Å². The first-order valence-electron chi connectivity index (χ1n) is 7.08. The Morgan fingerprint density at radius 2 is 2.18 bits per heavy atom. The molecule has 0 aliphatic carbocycles. The highest BCUT2D eigenvalue weighted by atomic mass is 79.9. The second-order valence-corrected chi connectivity index (χ2v) is 5.82. The number of pyridine rings is 2. The van der Waals surface area contributed by atoms with Gasteiger partial charge in [-0.05, 0) is 46.6 Å². The average molecular weight is 359 g/mol. The molecule has 5 nitrogen and oxygen atoms in total. The van der Waals surface area contributed by atoms with Gasteiger partial charge in [-0.1, -0.05) is 19.4 Å². The lowest BCUT2D eigenvalue weighted by Gasteiger charge is -2.06. The maximum atomic E-state index is 12.6. The van der Waals surface area contributed by atoms with E-state index < -0.39 is 0 Å². The van der Waals surface area contributed by atoms with Gasteiger partial charge < -0.3 is 5.32 Å². The zero-order valence-corrected chi connectivity index (χ0v) is 13.7. The van der Waals surface area contributed by atoms with Gasteiger partial charge >= 0.3 is 0 Å². The normalized spacial score (nSPS) is 10.8. The predicted molar refractivity (Wildman–Crippen MR) is 89.1 cm³/mol. The molecule has 0 spiro atoms. The van der Waals surface area contributed by atoms with Crippen LogP contribution >= 0.6 is 15.9 Å². The second kappa shape index (κ2) is 6.27. The fourth-order valence-corrected chi connectivity index (χ4v) is 2.56. The summed E-state index contributed by atoms with van der Waals surface area (Å²) in [4.78, 5) is 21.4. The molecule has 3 rings (SSSR count). The van der Waals surface area contributed by atoms with E-state index in [1.807, 2.05) is 34.9 Å². The Morgan fingerprint density at radius 3 is 2.91 bits per heavy atom. The summed E-state index contributed by atoms with van der Waals surface area (Å²) in [5.74, 6) is 0.318. The van der Waals surface area contributed by atoms with E-state index in [-0.39, 0.29) is 5.91 Å². The minimum absolute atomic E-state index is 0.197. The van der Waals surface area contributed by atoms with E-state index in [4.69, 9.17) is 0 Å². The van der Waals surface area contributed by atoms with E-state index >= 15 is 0 Å². The van der Waals surface area contributed by atoms with Crippen LogP contribution in [0.1, 0.15) is 29.5 Å². The van der Waals surface area contributed by atoms with Gasteiger partial charge in [-0.15, -0.1) is 0 Å². The van der Waals surface area contributed by atoms with Gasteiger partial charge in [0, 0.05) is 16.9 Å². The smallest absolute Gasteiger partial charge is 0.275 e. The summed E-state index contributed by atoms with van der Waals surface area (Å²) in [5.41, 5.74) is 2.16. The number of anilines is 1. The number of halogens is 1. The van der Waals surface area contributed by atoms with Crippen LogP contribution in [0.15, 0.2) is 47.2 Å². The molecule has 0 fully saturated rings. The van der Waals surface area contributed by atoms with Crippen molar-refractivity contribution in [1.82, 2.24) is 14.4 Å². The third-order valence-electron chi connectivity index (χ3n) is 3.27. The zero-order valence-electron chi connectivity index (χ0n) is 12.1. The molecule has 0 radical (unpaired) electrons. The van der Waals surface area contributed by atoms with Gasteiger partial charge in [0.1, 0.15) is 17.2 Å². The van der Waals surface area contributed by atoms with Crippen LogP contribution in [0.4, 0.5) is 5.82 Å². The highest BCUT2D eigenvalue weighted by Gasteiger charge is 2.18. The molecular formula is C16H15BrN4O. The van der Waals surface area contributed by atoms with Crippen molar-refractivity contribution in [3.63, 3.8) is 0 Å². The zero-order chi connectivity index (χ0) is 15.5. The predicted octanol–water partition coefficient (Wildman–Crippen LogP) is 3.70. The van der Waals surface area contributed by atoms with Gasteiger partial charge in [-0.25, -0.2) is 9.97 Å². The molecule has 3 aromatic rings. The molecule has 1 N–H and O–H groups in total. The summed E-state index contributed by atoms with van der Waals surface area (Å²) in [5, 5.41) is 2.83. The Bertz CT molecular complexity index is 811. The van der Waals surface area contributed by atoms with Crippen LogP contribution in [-0.4, -0.2) is 20.3 Å². The highest BCUT2D eigenvalue weighted by Crippen LogP contribution is 2.17. The van der Waals surface area contributed by atoms with Crippen molar-refractivity contribution in [1.29, 1.82) is 0 Å². The number of aromatic nitrogens is 3. The van der Waals surface area contributed by atoms with Gasteiger partial charge in [0.25, 0.3) is 5.91 Å². The number of nitrogens with zero attached hydrogens (tertiary/aromatic N) is 3. The van der Waals surface area contributed by atoms with Crippen LogP contribution in [0, 0.1) is 0 Å². The summed E-state index contributed by atoms with van der Waals surface area (Å²) in [7, 11) is 0. The van der Waals surface area contributed by atoms with Crippen molar-refractivity contribution in [2.24, 2.45) is 0 Å². The maximum absolute atomic E-state index is 12.6. The fraction of sp³-hybridized carbons (Fsp3) is 0.188. The summed E-state index contributed by atoms with van der Waals surface area (Å²) < 4.78 is 2.69. The molecule has 0 saturated heterocycles. The van der Waals surface area contributed by atoms with Crippen LogP contribution in [0.3, 0.4) is 0 Å². The SMILES string of the molecule is CCCc1nc2ccccn2c1C(=O)Nc1ccc(Br)cn1. The lowest BCUT2D eigenvalue weighted by atomic mass is 10.2. The van der Waals surface area contributed by atoms with Crippen molar-refractivity contribution < 1.29 is 4.79 Å². The standard InChI is InChI=1S/C16H15BrN4O/c1-2-5-12-15(21-9-4-3-6-14(21)19-12)16(22)20-13-8-7-11(17)10-18-13/h3-4,6-10H,2,5H2,1H3,(H,18,20,22). The molecule has 0 bridgehead atoms. The largest absolute Gasteiger partial charge is 0.305 e. The van der Waals surface area contributed by atoms with Crippen molar-refractivity contribution in [2.75, 3.05) is 5.32 Å². The number of imidazole rings is 1. The molecule has 1 amide bonds. The molecule has 3 aromatic heterocycles. The lowest BCUT2D eigenvalue weighted by molar-refractivity contribution is 0.102. The van der Waals surface area contributed by atoms with Crippen molar-refractivity contribution in [2.45, 2.75) is 19.8 Å². The van der Waals surface area contributed by atoms with E-state index in [0.29, 0.717) is 11.5 Å². The molecule has 0 atom stereocenters. The third kappa shape index (κ3) is 2.87. The molecule has 112 valence electrons. The number of carbonyl (C=O) groups is 1. The quantitative estimate of drug-likeness (QED) is 0.773. The third-order valence-corrected chi connectivity index (χ3v) is 3.74. The number of nitrogens with one attached hydrogen (secondary N) is 1. The maximum Gasteiger partial charge on any atom is 0.275 e. The number of carbonyl (C=O) groups excluding carboxylic acids is 1. The van der Waals surface area contributed by atoms with E-state index in [1.54, 1.807) is 12.3 Å². The first kappa shape index (κ1) is 14.7. The van der Waals surface area contributed by atoms with Crippen molar-refractivity contribution in [3.05, 3.63) is 58.6 Å².